The van der Waals surface area contributed by atoms with E-state index < -0.39 is 5.97 Å². The molecule has 1 aromatic carbocycles. The Morgan fingerprint density at radius 3 is 3.00 bits per heavy atom. The third kappa shape index (κ3) is 2.79. The number of rotatable bonds is 4. The minimum absolute atomic E-state index is 0.110. The molecule has 0 unspecified atom stereocenters. The second-order valence-corrected chi connectivity index (χ2v) is 3.57. The number of carboxylic acid groups (broad SMARTS) is 1. The third-order valence-corrected chi connectivity index (χ3v) is 2.29. The van der Waals surface area contributed by atoms with E-state index in [0.717, 1.165) is 6.33 Å². The van der Waals surface area contributed by atoms with Crippen molar-refractivity contribution in [2.45, 2.75) is 6.54 Å². The van der Waals surface area contributed by atoms with Crippen molar-refractivity contribution in [3.8, 4) is 0 Å². The highest BCUT2D eigenvalue weighted by Crippen LogP contribution is 2.12. The fraction of sp³-hybridized carbons (Fsp3) is 0.0833. The first-order valence-corrected chi connectivity index (χ1v) is 5.18. The van der Waals surface area contributed by atoms with E-state index in [1.165, 1.54) is 18.3 Å². The molecule has 2 aromatic rings. The van der Waals surface area contributed by atoms with Crippen LogP contribution in [-0.4, -0.2) is 21.0 Å². The summed E-state index contributed by atoms with van der Waals surface area (Å²) in [7, 11) is 0. The average Bonchev–Trinajstić information content (AvgIpc) is 2.37. The van der Waals surface area contributed by atoms with E-state index in [1.807, 2.05) is 0 Å². The number of hydrogen-bond acceptors (Lipinski definition) is 4. The Labute approximate surface area is 102 Å². The number of halogens is 1. The molecule has 0 aliphatic heterocycles. The van der Waals surface area contributed by atoms with Crippen molar-refractivity contribution in [1.29, 1.82) is 0 Å². The second kappa shape index (κ2) is 5.22. The van der Waals surface area contributed by atoms with Crippen molar-refractivity contribution in [1.82, 2.24) is 9.97 Å². The minimum atomic E-state index is -1.14. The number of aromatic nitrogens is 2. The Balaban J connectivity index is 2.13. The fourth-order valence-corrected chi connectivity index (χ4v) is 1.47. The number of carboxylic acids is 1. The molecule has 0 spiro atoms. The van der Waals surface area contributed by atoms with Gasteiger partial charge in [0.05, 0.1) is 11.9 Å². The van der Waals surface area contributed by atoms with Gasteiger partial charge in [0.1, 0.15) is 12.1 Å². The molecule has 0 saturated heterocycles. The number of carbonyl (C=O) groups is 1. The van der Waals surface area contributed by atoms with Crippen LogP contribution >= 0.6 is 0 Å². The van der Waals surface area contributed by atoms with Crippen molar-refractivity contribution < 1.29 is 14.3 Å². The zero-order valence-corrected chi connectivity index (χ0v) is 9.30. The average molecular weight is 247 g/mol. The van der Waals surface area contributed by atoms with E-state index in [1.54, 1.807) is 12.1 Å². The number of nitrogens with zero attached hydrogens (tertiary/aromatic N) is 2. The van der Waals surface area contributed by atoms with Gasteiger partial charge in [-0.15, -0.1) is 0 Å². The van der Waals surface area contributed by atoms with Crippen LogP contribution in [0.2, 0.25) is 0 Å². The minimum Gasteiger partial charge on any atom is -0.476 e. The molecule has 0 aliphatic carbocycles. The van der Waals surface area contributed by atoms with Gasteiger partial charge in [0, 0.05) is 6.54 Å². The lowest BCUT2D eigenvalue weighted by Crippen LogP contribution is -2.09. The molecule has 6 heteroatoms. The largest absolute Gasteiger partial charge is 0.476 e. The molecule has 0 fully saturated rings. The van der Waals surface area contributed by atoms with Crippen LogP contribution in [0.1, 0.15) is 16.1 Å². The smallest absolute Gasteiger partial charge is 0.356 e. The van der Waals surface area contributed by atoms with Gasteiger partial charge >= 0.3 is 5.97 Å². The molecule has 0 radical (unpaired) electrons. The molecule has 92 valence electrons. The lowest BCUT2D eigenvalue weighted by molar-refractivity contribution is 0.0691. The van der Waals surface area contributed by atoms with E-state index in [2.05, 4.69) is 15.3 Å². The van der Waals surface area contributed by atoms with E-state index in [-0.39, 0.29) is 11.5 Å². The van der Waals surface area contributed by atoms with Crippen LogP contribution in [-0.2, 0) is 6.54 Å². The zero-order valence-electron chi connectivity index (χ0n) is 9.30. The number of nitrogens with one attached hydrogen (secondary N) is 1. The molecular formula is C12H10FN3O2. The summed E-state index contributed by atoms with van der Waals surface area (Å²) < 4.78 is 13.0. The van der Waals surface area contributed by atoms with Gasteiger partial charge in [-0.05, 0) is 17.7 Å². The predicted octanol–water partition coefficient (Wildman–Crippen LogP) is 1.93. The van der Waals surface area contributed by atoms with Gasteiger partial charge in [0.25, 0.3) is 0 Å². The van der Waals surface area contributed by atoms with E-state index >= 15 is 0 Å². The second-order valence-electron chi connectivity index (χ2n) is 3.57. The quantitative estimate of drug-likeness (QED) is 0.863. The summed E-state index contributed by atoms with van der Waals surface area (Å²) in [5, 5.41) is 11.8. The molecule has 2 rings (SSSR count). The molecule has 2 N–H and O–H groups in total. The Bertz CT molecular complexity index is 575. The summed E-state index contributed by atoms with van der Waals surface area (Å²) >= 11 is 0. The van der Waals surface area contributed by atoms with Crippen LogP contribution in [0.15, 0.2) is 36.8 Å². The summed E-state index contributed by atoms with van der Waals surface area (Å²) in [4.78, 5) is 18.3. The highest BCUT2D eigenvalue weighted by molar-refractivity contribution is 5.91. The molecule has 0 atom stereocenters. The highest BCUT2D eigenvalue weighted by atomic mass is 19.1. The fourth-order valence-electron chi connectivity index (χ4n) is 1.47. The lowest BCUT2D eigenvalue weighted by atomic mass is 10.2. The number of anilines is 1. The van der Waals surface area contributed by atoms with Crippen molar-refractivity contribution in [2.75, 3.05) is 5.32 Å². The normalized spacial score (nSPS) is 10.1. The van der Waals surface area contributed by atoms with Gasteiger partial charge in [-0.1, -0.05) is 12.1 Å². The molecule has 1 aromatic heterocycles. The van der Waals surface area contributed by atoms with Crippen molar-refractivity contribution >= 4 is 11.7 Å². The van der Waals surface area contributed by atoms with Crippen LogP contribution in [0.4, 0.5) is 10.1 Å². The monoisotopic (exact) mass is 247 g/mol. The summed E-state index contributed by atoms with van der Waals surface area (Å²) in [5.41, 5.74) is 0.894. The molecule has 5 nitrogen and oxygen atoms in total. The van der Waals surface area contributed by atoms with Gasteiger partial charge in [-0.25, -0.2) is 19.2 Å². The molecule has 0 aliphatic rings. The summed E-state index contributed by atoms with van der Waals surface area (Å²) in [5.74, 6) is -1.48. The first-order chi connectivity index (χ1) is 8.66. The highest BCUT2D eigenvalue weighted by Gasteiger charge is 2.11. The van der Waals surface area contributed by atoms with Gasteiger partial charge in [0.2, 0.25) is 0 Å². The van der Waals surface area contributed by atoms with Crippen LogP contribution in [0, 0.1) is 5.82 Å². The topological polar surface area (TPSA) is 75.1 Å². The van der Waals surface area contributed by atoms with Gasteiger partial charge in [-0.3, -0.25) is 0 Å². The number of hydrogen-bond donors (Lipinski definition) is 2. The predicted molar refractivity (Wildman–Crippen MR) is 62.7 cm³/mol. The molecular weight excluding hydrogens is 237 g/mol. The third-order valence-electron chi connectivity index (χ3n) is 2.29. The van der Waals surface area contributed by atoms with Gasteiger partial charge in [0.15, 0.2) is 5.69 Å². The van der Waals surface area contributed by atoms with Crippen LogP contribution < -0.4 is 5.32 Å². The Hall–Kier alpha value is -2.50. The van der Waals surface area contributed by atoms with Crippen LogP contribution in [0.25, 0.3) is 0 Å². The van der Waals surface area contributed by atoms with E-state index in [9.17, 15) is 9.18 Å². The SMILES string of the molecule is O=C(O)c1ncncc1NCc1cccc(F)c1. The maximum absolute atomic E-state index is 13.0. The Kier molecular flexibility index (Phi) is 3.47. The standard InChI is InChI=1S/C12H10FN3O2/c13-9-3-1-2-8(4-9)5-15-10-6-14-7-16-11(10)12(17)18/h1-4,6-7,15H,5H2,(H,17,18). The summed E-state index contributed by atoms with van der Waals surface area (Å²) in [6, 6.07) is 6.04. The Morgan fingerprint density at radius 2 is 2.28 bits per heavy atom. The zero-order chi connectivity index (χ0) is 13.0. The van der Waals surface area contributed by atoms with Crippen molar-refractivity contribution in [2.24, 2.45) is 0 Å². The van der Waals surface area contributed by atoms with E-state index in [0.29, 0.717) is 17.8 Å². The molecule has 1 heterocycles. The number of benzene rings is 1. The first kappa shape index (κ1) is 12.0. The molecule has 0 bridgehead atoms. The maximum Gasteiger partial charge on any atom is 0.356 e. The van der Waals surface area contributed by atoms with E-state index in [4.69, 9.17) is 5.11 Å². The molecule has 18 heavy (non-hydrogen) atoms. The van der Waals surface area contributed by atoms with Crippen molar-refractivity contribution in [3.63, 3.8) is 0 Å². The maximum atomic E-state index is 13.0. The molecule has 0 amide bonds. The van der Waals surface area contributed by atoms with Crippen molar-refractivity contribution in [3.05, 3.63) is 53.9 Å². The summed E-state index contributed by atoms with van der Waals surface area (Å²) in [6.45, 7) is 0.297. The first-order valence-electron chi connectivity index (χ1n) is 5.18. The van der Waals surface area contributed by atoms with Crippen LogP contribution in [0.3, 0.4) is 0 Å². The lowest BCUT2D eigenvalue weighted by Gasteiger charge is -2.08. The van der Waals surface area contributed by atoms with Gasteiger partial charge in [-0.2, -0.15) is 0 Å². The summed E-state index contributed by atoms with van der Waals surface area (Å²) in [6.07, 6.45) is 2.53. The van der Waals surface area contributed by atoms with Gasteiger partial charge < -0.3 is 10.4 Å². The van der Waals surface area contributed by atoms with Crippen LogP contribution in [0.5, 0.6) is 0 Å². The Morgan fingerprint density at radius 1 is 1.44 bits per heavy atom. The molecule has 0 saturated carbocycles. The number of aromatic carboxylic acids is 1.